The van der Waals surface area contributed by atoms with E-state index in [4.69, 9.17) is 0 Å². The van der Waals surface area contributed by atoms with Crippen molar-refractivity contribution < 1.29 is 9.59 Å². The Morgan fingerprint density at radius 1 is 0.897 bits per heavy atom. The van der Waals surface area contributed by atoms with Crippen LogP contribution in [0.3, 0.4) is 0 Å². The molecule has 0 atom stereocenters. The van der Waals surface area contributed by atoms with E-state index in [2.05, 4.69) is 21.0 Å². The Labute approximate surface area is 171 Å². The zero-order valence-corrected chi connectivity index (χ0v) is 16.7. The molecular weight excluding hydrogens is 386 g/mol. The number of amides is 3. The highest BCUT2D eigenvalue weighted by Gasteiger charge is 2.15. The number of hydrogen-bond acceptors (Lipinski definition) is 4. The summed E-state index contributed by atoms with van der Waals surface area (Å²) in [5, 5.41) is 13.7. The third-order valence-corrected chi connectivity index (χ3v) is 5.53. The number of anilines is 3. The predicted octanol–water partition coefficient (Wildman–Crippen LogP) is 4.84. The van der Waals surface area contributed by atoms with Crippen molar-refractivity contribution >= 4 is 50.6 Å². The summed E-state index contributed by atoms with van der Waals surface area (Å²) in [6.07, 6.45) is 0. The number of hydrogen-bond donors (Lipinski definition) is 3. The van der Waals surface area contributed by atoms with Crippen LogP contribution in [0.2, 0.25) is 0 Å². The first-order valence-electron chi connectivity index (χ1n) is 8.97. The number of fused-ring (bicyclic) bond motifs is 1. The number of thiophene rings is 1. The molecule has 0 fully saturated rings. The van der Waals surface area contributed by atoms with E-state index >= 15 is 0 Å². The number of urea groups is 1. The topological polar surface area (TPSA) is 88.1 Å². The fourth-order valence-electron chi connectivity index (χ4n) is 3.00. The van der Waals surface area contributed by atoms with Crippen molar-refractivity contribution in [3.8, 4) is 0 Å². The molecule has 0 unspecified atom stereocenters. The fraction of sp³-hybridized carbons (Fsp3) is 0.0952. The van der Waals surface area contributed by atoms with Crippen LogP contribution in [0.5, 0.6) is 0 Å². The second-order valence-corrected chi connectivity index (χ2v) is 7.55. The van der Waals surface area contributed by atoms with Crippen molar-refractivity contribution in [2.24, 2.45) is 7.05 Å². The number of carbonyl (C=O) groups excluding carboxylic acids is 2. The maximum absolute atomic E-state index is 12.6. The van der Waals surface area contributed by atoms with E-state index in [-0.39, 0.29) is 11.9 Å². The van der Waals surface area contributed by atoms with Crippen LogP contribution in [0, 0.1) is 6.92 Å². The molecule has 3 N–H and O–H groups in total. The molecule has 0 aliphatic rings. The Balaban J connectivity index is 1.44. The highest BCUT2D eigenvalue weighted by molar-refractivity contribution is 7.20. The van der Waals surface area contributed by atoms with Gasteiger partial charge in [0, 0.05) is 29.5 Å². The largest absolute Gasteiger partial charge is 0.323 e. The summed E-state index contributed by atoms with van der Waals surface area (Å²) in [5.74, 6) is -0.198. The molecule has 0 spiro atoms. The standard InChI is InChI=1S/C21H19N5O2S/c1-13-17-12-18(29-20(17)26(2)25-13)19(27)22-15-9-6-10-16(11-15)24-21(28)23-14-7-4-3-5-8-14/h3-12H,1-2H3,(H,22,27)(H2,23,24,28). The van der Waals surface area contributed by atoms with Gasteiger partial charge in [-0.05, 0) is 43.3 Å². The highest BCUT2D eigenvalue weighted by atomic mass is 32.1. The van der Waals surface area contributed by atoms with E-state index in [1.54, 1.807) is 41.1 Å². The van der Waals surface area contributed by atoms with Gasteiger partial charge in [0.1, 0.15) is 4.83 Å². The highest BCUT2D eigenvalue weighted by Crippen LogP contribution is 2.28. The second-order valence-electron chi connectivity index (χ2n) is 6.52. The van der Waals surface area contributed by atoms with Crippen molar-refractivity contribution in [2.75, 3.05) is 16.0 Å². The van der Waals surface area contributed by atoms with Crippen LogP contribution in [-0.2, 0) is 7.05 Å². The van der Waals surface area contributed by atoms with Gasteiger partial charge in [-0.25, -0.2) is 4.79 Å². The molecule has 0 saturated heterocycles. The normalized spacial score (nSPS) is 10.7. The van der Waals surface area contributed by atoms with Crippen LogP contribution in [0.25, 0.3) is 10.2 Å². The predicted molar refractivity (Wildman–Crippen MR) is 117 cm³/mol. The average Bonchev–Trinajstić information content (AvgIpc) is 3.24. The lowest BCUT2D eigenvalue weighted by molar-refractivity contribution is 0.103. The molecule has 0 bridgehead atoms. The van der Waals surface area contributed by atoms with E-state index in [0.29, 0.717) is 21.9 Å². The molecule has 4 aromatic rings. The first-order valence-corrected chi connectivity index (χ1v) is 9.79. The molecule has 3 amide bonds. The molecule has 8 heteroatoms. The van der Waals surface area contributed by atoms with Gasteiger partial charge in [0.2, 0.25) is 0 Å². The van der Waals surface area contributed by atoms with Gasteiger partial charge in [-0.15, -0.1) is 11.3 Å². The Morgan fingerprint density at radius 3 is 2.28 bits per heavy atom. The maximum atomic E-state index is 12.6. The summed E-state index contributed by atoms with van der Waals surface area (Å²) in [7, 11) is 1.86. The Kier molecular flexibility index (Phi) is 5.01. The summed E-state index contributed by atoms with van der Waals surface area (Å²) in [5.41, 5.74) is 2.77. The Bertz CT molecular complexity index is 1160. The Morgan fingerprint density at radius 2 is 1.55 bits per heavy atom. The van der Waals surface area contributed by atoms with Crippen molar-refractivity contribution in [1.82, 2.24) is 9.78 Å². The minimum atomic E-state index is -0.354. The number of nitrogens with one attached hydrogen (secondary N) is 3. The number of aromatic nitrogens is 2. The Hall–Kier alpha value is -3.65. The molecule has 2 aromatic heterocycles. The number of benzene rings is 2. The fourth-order valence-corrected chi connectivity index (χ4v) is 4.02. The molecular formula is C21H19N5O2S. The van der Waals surface area contributed by atoms with Gasteiger partial charge in [-0.2, -0.15) is 5.10 Å². The summed E-state index contributed by atoms with van der Waals surface area (Å²) in [6, 6.07) is 17.7. The van der Waals surface area contributed by atoms with E-state index in [9.17, 15) is 9.59 Å². The van der Waals surface area contributed by atoms with Gasteiger partial charge in [-0.3, -0.25) is 9.48 Å². The van der Waals surface area contributed by atoms with Crippen LogP contribution in [0.1, 0.15) is 15.4 Å². The zero-order chi connectivity index (χ0) is 20.4. The number of carbonyl (C=O) groups is 2. The lowest BCUT2D eigenvalue weighted by Crippen LogP contribution is -2.19. The molecule has 0 radical (unpaired) electrons. The third-order valence-electron chi connectivity index (χ3n) is 4.33. The first kappa shape index (κ1) is 18.7. The van der Waals surface area contributed by atoms with Gasteiger partial charge in [0.25, 0.3) is 5.91 Å². The lowest BCUT2D eigenvalue weighted by atomic mass is 10.2. The molecule has 2 aromatic carbocycles. The quantitative estimate of drug-likeness (QED) is 0.454. The van der Waals surface area contributed by atoms with Crippen molar-refractivity contribution in [1.29, 1.82) is 0 Å². The van der Waals surface area contributed by atoms with Crippen molar-refractivity contribution in [3.05, 3.63) is 71.2 Å². The zero-order valence-electron chi connectivity index (χ0n) is 15.9. The van der Waals surface area contributed by atoms with E-state index in [1.807, 2.05) is 38.2 Å². The number of rotatable bonds is 4. The average molecular weight is 405 g/mol. The van der Waals surface area contributed by atoms with E-state index in [1.165, 1.54) is 11.3 Å². The summed E-state index contributed by atoms with van der Waals surface area (Å²) in [4.78, 5) is 26.4. The van der Waals surface area contributed by atoms with Gasteiger partial charge in [0.15, 0.2) is 0 Å². The van der Waals surface area contributed by atoms with Crippen LogP contribution in [0.15, 0.2) is 60.7 Å². The minimum absolute atomic E-state index is 0.198. The van der Waals surface area contributed by atoms with Gasteiger partial charge in [-0.1, -0.05) is 24.3 Å². The number of para-hydroxylation sites is 1. The number of aryl methyl sites for hydroxylation is 2. The molecule has 0 saturated carbocycles. The van der Waals surface area contributed by atoms with E-state index in [0.717, 1.165) is 15.9 Å². The second kappa shape index (κ2) is 7.76. The van der Waals surface area contributed by atoms with Gasteiger partial charge in [0.05, 0.1) is 10.6 Å². The van der Waals surface area contributed by atoms with Crippen molar-refractivity contribution in [2.45, 2.75) is 6.92 Å². The van der Waals surface area contributed by atoms with Gasteiger partial charge >= 0.3 is 6.03 Å². The molecule has 2 heterocycles. The third kappa shape index (κ3) is 4.12. The van der Waals surface area contributed by atoms with Crippen LogP contribution >= 0.6 is 11.3 Å². The molecule has 0 aliphatic carbocycles. The minimum Gasteiger partial charge on any atom is -0.321 e. The summed E-state index contributed by atoms with van der Waals surface area (Å²) in [6.45, 7) is 1.92. The molecule has 7 nitrogen and oxygen atoms in total. The van der Waals surface area contributed by atoms with E-state index < -0.39 is 0 Å². The first-order chi connectivity index (χ1) is 14.0. The molecule has 146 valence electrons. The SMILES string of the molecule is Cc1nn(C)c2sc(C(=O)Nc3cccc(NC(=O)Nc4ccccc4)c3)cc12. The monoisotopic (exact) mass is 405 g/mol. The summed E-state index contributed by atoms with van der Waals surface area (Å²) < 4.78 is 1.78. The lowest BCUT2D eigenvalue weighted by Gasteiger charge is -2.09. The van der Waals surface area contributed by atoms with Crippen molar-refractivity contribution in [3.63, 3.8) is 0 Å². The van der Waals surface area contributed by atoms with Crippen LogP contribution < -0.4 is 16.0 Å². The maximum Gasteiger partial charge on any atom is 0.323 e. The van der Waals surface area contributed by atoms with Gasteiger partial charge < -0.3 is 16.0 Å². The van der Waals surface area contributed by atoms with Crippen LogP contribution in [-0.4, -0.2) is 21.7 Å². The number of nitrogens with zero attached hydrogens (tertiary/aromatic N) is 2. The summed E-state index contributed by atoms with van der Waals surface area (Å²) >= 11 is 1.40. The molecule has 29 heavy (non-hydrogen) atoms. The smallest absolute Gasteiger partial charge is 0.321 e. The van der Waals surface area contributed by atoms with Crippen LogP contribution in [0.4, 0.5) is 21.9 Å². The molecule has 0 aliphatic heterocycles. The molecule has 4 rings (SSSR count).